The van der Waals surface area contributed by atoms with Gasteiger partial charge in [0.1, 0.15) is 16.6 Å². The second kappa shape index (κ2) is 9.45. The number of aromatic nitrogens is 3. The average Bonchev–Trinajstić information content (AvgIpc) is 3.33. The number of aryl methyl sites for hydroxylation is 2. The van der Waals surface area contributed by atoms with Gasteiger partial charge in [-0.1, -0.05) is 13.0 Å². The standard InChI is InChI=1S/C20H25FN6S/c1-4-16-12-24-19(28-16)13-26-20(22-5-2)25-11-15-6-7-18(17(21)10-15)27-9-8-23-14(27)3/h6-10,12H,4-5,11,13H2,1-3H3,(H2,22,25,26). The van der Waals surface area contributed by atoms with E-state index in [0.29, 0.717) is 24.7 Å². The van der Waals surface area contributed by atoms with E-state index in [1.807, 2.05) is 26.1 Å². The number of nitrogens with one attached hydrogen (secondary N) is 2. The van der Waals surface area contributed by atoms with Gasteiger partial charge in [-0.2, -0.15) is 0 Å². The van der Waals surface area contributed by atoms with Gasteiger partial charge in [-0.15, -0.1) is 11.3 Å². The van der Waals surface area contributed by atoms with Crippen LogP contribution in [0.5, 0.6) is 0 Å². The third-order valence-corrected chi connectivity index (χ3v) is 5.36. The summed E-state index contributed by atoms with van der Waals surface area (Å²) in [4.78, 5) is 14.4. The van der Waals surface area contributed by atoms with Crippen LogP contribution in [-0.2, 0) is 19.5 Å². The first-order valence-corrected chi connectivity index (χ1v) is 10.2. The van der Waals surface area contributed by atoms with Crippen LogP contribution in [0.3, 0.4) is 0 Å². The highest BCUT2D eigenvalue weighted by atomic mass is 32.1. The topological polar surface area (TPSA) is 67.1 Å². The number of hydrogen-bond acceptors (Lipinski definition) is 4. The zero-order valence-electron chi connectivity index (χ0n) is 16.4. The second-order valence-electron chi connectivity index (χ2n) is 6.25. The van der Waals surface area contributed by atoms with Gasteiger partial charge in [0.2, 0.25) is 0 Å². The molecule has 3 rings (SSSR count). The van der Waals surface area contributed by atoms with Crippen molar-refractivity contribution in [1.82, 2.24) is 25.2 Å². The fraction of sp³-hybridized carbons (Fsp3) is 0.350. The van der Waals surface area contributed by atoms with Gasteiger partial charge in [0.05, 0.1) is 18.8 Å². The zero-order chi connectivity index (χ0) is 19.9. The van der Waals surface area contributed by atoms with Crippen molar-refractivity contribution in [1.29, 1.82) is 0 Å². The molecule has 0 spiro atoms. The Morgan fingerprint density at radius 3 is 2.75 bits per heavy atom. The van der Waals surface area contributed by atoms with Gasteiger partial charge in [-0.25, -0.2) is 19.4 Å². The van der Waals surface area contributed by atoms with Crippen LogP contribution >= 0.6 is 11.3 Å². The van der Waals surface area contributed by atoms with Gasteiger partial charge in [0.15, 0.2) is 5.96 Å². The molecule has 0 radical (unpaired) electrons. The number of nitrogens with zero attached hydrogens (tertiary/aromatic N) is 4. The third-order valence-electron chi connectivity index (χ3n) is 4.22. The van der Waals surface area contributed by atoms with Gasteiger partial charge in [0, 0.05) is 30.0 Å². The maximum absolute atomic E-state index is 14.5. The summed E-state index contributed by atoms with van der Waals surface area (Å²) in [6.07, 6.45) is 6.32. The maximum atomic E-state index is 14.5. The summed E-state index contributed by atoms with van der Waals surface area (Å²) in [5.41, 5.74) is 1.29. The Balaban J connectivity index is 1.66. The number of imidazole rings is 1. The smallest absolute Gasteiger partial charge is 0.191 e. The number of hydrogen-bond donors (Lipinski definition) is 2. The average molecular weight is 401 g/mol. The van der Waals surface area contributed by atoms with Gasteiger partial charge < -0.3 is 15.2 Å². The molecule has 1 aromatic carbocycles. The fourth-order valence-electron chi connectivity index (χ4n) is 2.74. The van der Waals surface area contributed by atoms with Crippen molar-refractivity contribution in [2.24, 2.45) is 4.99 Å². The van der Waals surface area contributed by atoms with E-state index < -0.39 is 0 Å². The molecule has 0 atom stereocenters. The highest BCUT2D eigenvalue weighted by molar-refractivity contribution is 7.11. The molecule has 6 nitrogen and oxygen atoms in total. The highest BCUT2D eigenvalue weighted by Gasteiger charge is 2.08. The van der Waals surface area contributed by atoms with Crippen LogP contribution in [0.4, 0.5) is 4.39 Å². The number of halogens is 1. The fourth-order valence-corrected chi connectivity index (χ4v) is 3.54. The predicted molar refractivity (Wildman–Crippen MR) is 111 cm³/mol. The molecule has 0 aliphatic heterocycles. The summed E-state index contributed by atoms with van der Waals surface area (Å²) < 4.78 is 16.3. The number of aliphatic imine (C=N–C) groups is 1. The summed E-state index contributed by atoms with van der Waals surface area (Å²) in [5.74, 6) is 1.14. The Labute approximate surface area is 168 Å². The molecule has 0 saturated heterocycles. The number of benzene rings is 1. The third kappa shape index (κ3) is 4.95. The van der Waals surface area contributed by atoms with Gasteiger partial charge in [0.25, 0.3) is 0 Å². The summed E-state index contributed by atoms with van der Waals surface area (Å²) in [5, 5.41) is 7.51. The normalized spacial score (nSPS) is 11.6. The van der Waals surface area contributed by atoms with E-state index in [-0.39, 0.29) is 5.82 Å². The number of rotatable bonds is 7. The lowest BCUT2D eigenvalue weighted by Gasteiger charge is -2.11. The minimum atomic E-state index is -0.290. The largest absolute Gasteiger partial charge is 0.357 e. The molecular weight excluding hydrogens is 375 g/mol. The van der Waals surface area contributed by atoms with Crippen molar-refractivity contribution in [2.75, 3.05) is 6.54 Å². The van der Waals surface area contributed by atoms with E-state index in [9.17, 15) is 4.39 Å². The Morgan fingerprint density at radius 2 is 2.11 bits per heavy atom. The maximum Gasteiger partial charge on any atom is 0.191 e. The minimum Gasteiger partial charge on any atom is -0.357 e. The van der Waals surface area contributed by atoms with Crippen molar-refractivity contribution in [3.05, 3.63) is 63.9 Å². The highest BCUT2D eigenvalue weighted by Crippen LogP contribution is 2.17. The first-order valence-electron chi connectivity index (χ1n) is 9.35. The van der Waals surface area contributed by atoms with Gasteiger partial charge >= 0.3 is 0 Å². The van der Waals surface area contributed by atoms with Gasteiger partial charge in [-0.05, 0) is 38.0 Å². The lowest BCUT2D eigenvalue weighted by Crippen LogP contribution is -2.36. The van der Waals surface area contributed by atoms with Crippen LogP contribution in [0.2, 0.25) is 0 Å². The molecule has 148 valence electrons. The zero-order valence-corrected chi connectivity index (χ0v) is 17.2. The van der Waals surface area contributed by atoms with E-state index in [0.717, 1.165) is 29.4 Å². The van der Waals surface area contributed by atoms with Crippen molar-refractivity contribution >= 4 is 17.3 Å². The Hall–Kier alpha value is -2.74. The molecule has 0 unspecified atom stereocenters. The van der Waals surface area contributed by atoms with E-state index in [1.165, 1.54) is 10.9 Å². The van der Waals surface area contributed by atoms with Crippen molar-refractivity contribution < 1.29 is 4.39 Å². The van der Waals surface area contributed by atoms with E-state index in [2.05, 4.69) is 32.5 Å². The molecule has 0 bridgehead atoms. The Bertz CT molecular complexity index is 946. The van der Waals surface area contributed by atoms with Crippen LogP contribution in [0.25, 0.3) is 5.69 Å². The summed E-state index contributed by atoms with van der Waals surface area (Å²) in [6, 6.07) is 5.17. The van der Waals surface area contributed by atoms with E-state index in [1.54, 1.807) is 34.4 Å². The van der Waals surface area contributed by atoms with Crippen LogP contribution in [0, 0.1) is 12.7 Å². The molecule has 2 heterocycles. The molecule has 0 aliphatic rings. The first kappa shape index (κ1) is 20.0. The molecule has 0 amide bonds. The molecule has 3 aromatic rings. The quantitative estimate of drug-likeness (QED) is 0.470. The predicted octanol–water partition coefficient (Wildman–Crippen LogP) is 3.59. The van der Waals surface area contributed by atoms with Crippen molar-refractivity contribution in [3.63, 3.8) is 0 Å². The SMILES string of the molecule is CCNC(=NCc1ccc(-n2ccnc2C)c(F)c1)NCc1ncc(CC)s1. The molecule has 0 fully saturated rings. The summed E-state index contributed by atoms with van der Waals surface area (Å²) in [7, 11) is 0. The molecule has 2 aromatic heterocycles. The van der Waals surface area contributed by atoms with Crippen molar-refractivity contribution in [3.8, 4) is 5.69 Å². The minimum absolute atomic E-state index is 0.290. The van der Waals surface area contributed by atoms with Crippen LogP contribution in [0.1, 0.15) is 35.1 Å². The monoisotopic (exact) mass is 400 g/mol. The van der Waals surface area contributed by atoms with Crippen molar-refractivity contribution in [2.45, 2.75) is 40.3 Å². The molecule has 28 heavy (non-hydrogen) atoms. The van der Waals surface area contributed by atoms with E-state index >= 15 is 0 Å². The lowest BCUT2D eigenvalue weighted by atomic mass is 10.2. The Kier molecular flexibility index (Phi) is 6.76. The summed E-state index contributed by atoms with van der Waals surface area (Å²) in [6.45, 7) is 7.72. The molecule has 2 N–H and O–H groups in total. The van der Waals surface area contributed by atoms with E-state index in [4.69, 9.17) is 0 Å². The number of thiazole rings is 1. The van der Waals surface area contributed by atoms with Crippen LogP contribution < -0.4 is 10.6 Å². The Morgan fingerprint density at radius 1 is 1.25 bits per heavy atom. The first-order chi connectivity index (χ1) is 13.6. The van der Waals surface area contributed by atoms with Gasteiger partial charge in [-0.3, -0.25) is 0 Å². The summed E-state index contributed by atoms with van der Waals surface area (Å²) >= 11 is 1.70. The van der Waals surface area contributed by atoms with Crippen LogP contribution in [-0.4, -0.2) is 27.0 Å². The number of guanidine groups is 1. The molecular formula is C20H25FN6S. The molecule has 0 aliphatic carbocycles. The second-order valence-corrected chi connectivity index (χ2v) is 7.45. The van der Waals surface area contributed by atoms with Crippen LogP contribution in [0.15, 0.2) is 41.8 Å². The molecule has 8 heteroatoms. The lowest BCUT2D eigenvalue weighted by molar-refractivity contribution is 0.614. The molecule has 0 saturated carbocycles.